The van der Waals surface area contributed by atoms with Crippen LogP contribution >= 0.6 is 0 Å². The van der Waals surface area contributed by atoms with Crippen LogP contribution < -0.4 is 15.2 Å². The van der Waals surface area contributed by atoms with Crippen LogP contribution in [-0.4, -0.2) is 28.0 Å². The molecule has 1 fully saturated rings. The van der Waals surface area contributed by atoms with E-state index < -0.39 is 10.0 Å². The van der Waals surface area contributed by atoms with Crippen LogP contribution in [0.3, 0.4) is 0 Å². The van der Waals surface area contributed by atoms with Crippen molar-refractivity contribution in [1.82, 2.24) is 5.32 Å². The first-order valence-corrected chi connectivity index (χ1v) is 7.45. The number of nitrogens with two attached hydrogens (primary N) is 1. The van der Waals surface area contributed by atoms with Gasteiger partial charge in [-0.2, -0.15) is 0 Å². The van der Waals surface area contributed by atoms with Crippen LogP contribution in [0.2, 0.25) is 0 Å². The first kappa shape index (κ1) is 13.8. The molecule has 0 aliphatic heterocycles. The first-order chi connectivity index (χ1) is 8.91. The van der Waals surface area contributed by atoms with Gasteiger partial charge in [-0.15, -0.1) is 0 Å². The molecule has 0 heterocycles. The minimum Gasteiger partial charge on any atom is -0.496 e. The van der Waals surface area contributed by atoms with E-state index in [4.69, 9.17) is 9.88 Å². The van der Waals surface area contributed by atoms with Gasteiger partial charge in [0, 0.05) is 6.54 Å². The summed E-state index contributed by atoms with van der Waals surface area (Å²) in [5, 5.41) is 7.81. The van der Waals surface area contributed by atoms with Gasteiger partial charge in [0.2, 0.25) is 10.0 Å². The summed E-state index contributed by atoms with van der Waals surface area (Å²) in [7, 11) is -2.42. The van der Waals surface area contributed by atoms with E-state index in [1.54, 1.807) is 0 Å². The largest absolute Gasteiger partial charge is 0.496 e. The van der Waals surface area contributed by atoms with Crippen LogP contribution in [-0.2, 0) is 10.0 Å². The number of rotatable bonds is 5. The van der Waals surface area contributed by atoms with Crippen molar-refractivity contribution in [3.8, 4) is 5.75 Å². The van der Waals surface area contributed by atoms with Gasteiger partial charge in [-0.05, 0) is 37.0 Å². The van der Waals surface area contributed by atoms with Gasteiger partial charge in [0.1, 0.15) is 5.75 Å². The quantitative estimate of drug-likeness (QED) is 0.821. The second-order valence-corrected chi connectivity index (χ2v) is 6.12. The zero-order valence-electron chi connectivity index (χ0n) is 10.5. The minimum atomic E-state index is -3.84. The number of benzene rings is 1. The van der Waals surface area contributed by atoms with E-state index in [2.05, 4.69) is 5.32 Å². The third kappa shape index (κ3) is 3.45. The monoisotopic (exact) mass is 284 g/mol. The van der Waals surface area contributed by atoms with Gasteiger partial charge in [-0.3, -0.25) is 4.79 Å². The SMILES string of the molecule is COc1ccc(S(N)(=O)=O)cc1C(=O)NCC1CC1. The molecule has 0 spiro atoms. The summed E-state index contributed by atoms with van der Waals surface area (Å²) in [5.41, 5.74) is 0.176. The number of primary sulfonamides is 1. The Balaban J connectivity index is 2.26. The van der Waals surface area contributed by atoms with Crippen molar-refractivity contribution in [3.05, 3.63) is 23.8 Å². The fraction of sp³-hybridized carbons (Fsp3) is 0.417. The molecule has 19 heavy (non-hydrogen) atoms. The zero-order chi connectivity index (χ0) is 14.0. The molecule has 0 saturated heterocycles. The lowest BCUT2D eigenvalue weighted by molar-refractivity contribution is 0.0948. The highest BCUT2D eigenvalue weighted by atomic mass is 32.2. The maximum Gasteiger partial charge on any atom is 0.255 e. The molecule has 1 saturated carbocycles. The Labute approximate surface area is 112 Å². The summed E-state index contributed by atoms with van der Waals surface area (Å²) in [6.07, 6.45) is 2.24. The maximum absolute atomic E-state index is 12.0. The van der Waals surface area contributed by atoms with Gasteiger partial charge >= 0.3 is 0 Å². The molecule has 0 aromatic heterocycles. The highest BCUT2D eigenvalue weighted by molar-refractivity contribution is 7.89. The Morgan fingerprint density at radius 2 is 2.16 bits per heavy atom. The molecule has 0 radical (unpaired) electrons. The molecule has 6 nitrogen and oxygen atoms in total. The third-order valence-corrected chi connectivity index (χ3v) is 3.90. The van der Waals surface area contributed by atoms with Crippen LogP contribution in [0.15, 0.2) is 23.1 Å². The van der Waals surface area contributed by atoms with E-state index in [-0.39, 0.29) is 16.4 Å². The van der Waals surface area contributed by atoms with Crippen LogP contribution in [0.25, 0.3) is 0 Å². The molecule has 1 amide bonds. The minimum absolute atomic E-state index is 0.107. The van der Waals surface area contributed by atoms with Gasteiger partial charge < -0.3 is 10.1 Å². The fourth-order valence-electron chi connectivity index (χ4n) is 1.70. The van der Waals surface area contributed by atoms with Crippen LogP contribution in [0.4, 0.5) is 0 Å². The van der Waals surface area contributed by atoms with Crippen LogP contribution in [0.5, 0.6) is 5.75 Å². The summed E-state index contributed by atoms with van der Waals surface area (Å²) in [4.78, 5) is 11.9. The summed E-state index contributed by atoms with van der Waals surface area (Å²) < 4.78 is 27.6. The Morgan fingerprint density at radius 1 is 1.47 bits per heavy atom. The van der Waals surface area contributed by atoms with Crippen molar-refractivity contribution < 1.29 is 17.9 Å². The maximum atomic E-state index is 12.0. The average molecular weight is 284 g/mol. The van der Waals surface area contributed by atoms with Crippen molar-refractivity contribution in [2.45, 2.75) is 17.7 Å². The summed E-state index contributed by atoms with van der Waals surface area (Å²) >= 11 is 0. The van der Waals surface area contributed by atoms with Gasteiger partial charge in [0.05, 0.1) is 17.6 Å². The highest BCUT2D eigenvalue weighted by Gasteiger charge is 2.23. The van der Waals surface area contributed by atoms with Gasteiger partial charge in [0.25, 0.3) is 5.91 Å². The Kier molecular flexibility index (Phi) is 3.77. The number of amides is 1. The van der Waals surface area contributed by atoms with E-state index in [0.717, 1.165) is 12.8 Å². The predicted molar refractivity (Wildman–Crippen MR) is 69.4 cm³/mol. The second kappa shape index (κ2) is 5.18. The molecule has 2 rings (SSSR count). The smallest absolute Gasteiger partial charge is 0.255 e. The standard InChI is InChI=1S/C12H16N2O4S/c1-18-11-5-4-9(19(13,16)17)6-10(11)12(15)14-7-8-2-3-8/h4-6,8H,2-3,7H2,1H3,(H,14,15)(H2,13,16,17). The fourth-order valence-corrected chi connectivity index (χ4v) is 2.24. The third-order valence-electron chi connectivity index (χ3n) is 2.99. The van der Waals surface area contributed by atoms with Gasteiger partial charge in [-0.1, -0.05) is 0 Å². The van der Waals surface area contributed by atoms with Crippen LogP contribution in [0.1, 0.15) is 23.2 Å². The molecule has 1 aliphatic carbocycles. The van der Waals surface area contributed by atoms with Crippen molar-refractivity contribution in [2.24, 2.45) is 11.1 Å². The number of methoxy groups -OCH3 is 1. The number of carbonyl (C=O) groups is 1. The van der Waals surface area contributed by atoms with E-state index in [1.807, 2.05) is 0 Å². The topological polar surface area (TPSA) is 98.5 Å². The Morgan fingerprint density at radius 3 is 2.68 bits per heavy atom. The lowest BCUT2D eigenvalue weighted by atomic mass is 10.2. The van der Waals surface area contributed by atoms with Crippen molar-refractivity contribution in [3.63, 3.8) is 0 Å². The van der Waals surface area contributed by atoms with Gasteiger partial charge in [0.15, 0.2) is 0 Å². The highest BCUT2D eigenvalue weighted by Crippen LogP contribution is 2.28. The number of carbonyl (C=O) groups excluding carboxylic acids is 1. The molecular formula is C12H16N2O4S. The molecule has 0 atom stereocenters. The van der Waals surface area contributed by atoms with E-state index in [0.29, 0.717) is 18.2 Å². The number of nitrogens with one attached hydrogen (secondary N) is 1. The summed E-state index contributed by atoms with van der Waals surface area (Å²) in [6.45, 7) is 0.599. The van der Waals surface area contributed by atoms with Gasteiger partial charge in [-0.25, -0.2) is 13.6 Å². The molecule has 104 valence electrons. The predicted octanol–water partition coefficient (Wildman–Crippen LogP) is 0.482. The molecule has 7 heteroatoms. The first-order valence-electron chi connectivity index (χ1n) is 5.91. The Bertz CT molecular complexity index is 594. The van der Waals surface area contributed by atoms with Crippen molar-refractivity contribution >= 4 is 15.9 Å². The van der Waals surface area contributed by atoms with E-state index in [9.17, 15) is 13.2 Å². The molecule has 1 aliphatic rings. The number of ether oxygens (including phenoxy) is 1. The van der Waals surface area contributed by atoms with Crippen molar-refractivity contribution in [1.29, 1.82) is 0 Å². The van der Waals surface area contributed by atoms with E-state index in [1.165, 1.54) is 25.3 Å². The second-order valence-electron chi connectivity index (χ2n) is 4.56. The molecule has 0 bridgehead atoms. The molecule has 0 unspecified atom stereocenters. The lowest BCUT2D eigenvalue weighted by Gasteiger charge is -2.10. The molecule has 3 N–H and O–H groups in total. The summed E-state index contributed by atoms with van der Waals surface area (Å²) in [5.74, 6) is 0.506. The Hall–Kier alpha value is -1.60. The van der Waals surface area contributed by atoms with Crippen molar-refractivity contribution in [2.75, 3.05) is 13.7 Å². The zero-order valence-corrected chi connectivity index (χ0v) is 11.4. The number of hydrogen-bond donors (Lipinski definition) is 2. The molecule has 1 aromatic rings. The summed E-state index contributed by atoms with van der Waals surface area (Å²) in [6, 6.07) is 3.97. The molecule has 1 aromatic carbocycles. The average Bonchev–Trinajstić information content (AvgIpc) is 3.18. The normalized spacial score (nSPS) is 15.1. The number of sulfonamides is 1. The number of hydrogen-bond acceptors (Lipinski definition) is 4. The lowest BCUT2D eigenvalue weighted by Crippen LogP contribution is -2.26. The molecular weight excluding hydrogens is 268 g/mol. The van der Waals surface area contributed by atoms with E-state index >= 15 is 0 Å². The van der Waals surface area contributed by atoms with Crippen LogP contribution in [0, 0.1) is 5.92 Å².